The number of ether oxygens (including phenoxy) is 2. The smallest absolute Gasteiger partial charge is 0.349 e. The van der Waals surface area contributed by atoms with Crippen LogP contribution in [0.25, 0.3) is 10.2 Å². The number of hydrogen-bond acceptors (Lipinski definition) is 7. The number of aromatic carboxylic acids is 1. The quantitative estimate of drug-likeness (QED) is 0.583. The van der Waals surface area contributed by atoms with E-state index in [1.54, 1.807) is 19.2 Å². The normalized spacial score (nSPS) is 10.8. The second-order valence-corrected chi connectivity index (χ2v) is 5.57. The average molecular weight is 340 g/mol. The number of rotatable bonds is 9. The fourth-order valence-electron chi connectivity index (χ4n) is 1.90. The van der Waals surface area contributed by atoms with Gasteiger partial charge in [-0.05, 0) is 12.1 Å². The number of pyridine rings is 1. The molecule has 2 heterocycles. The van der Waals surface area contributed by atoms with E-state index >= 15 is 0 Å². The van der Waals surface area contributed by atoms with Gasteiger partial charge in [-0.3, -0.25) is 0 Å². The molecule has 0 radical (unpaired) electrons. The number of carbonyl (C=O) groups is 2. The molecule has 0 aliphatic heterocycles. The zero-order chi connectivity index (χ0) is 16.8. The van der Waals surface area contributed by atoms with Gasteiger partial charge in [0.2, 0.25) is 0 Å². The molecular formula is C14H16N2O6S. The molecule has 0 atom stereocenters. The number of methoxy groups -OCH3 is 1. The number of thiophene rings is 1. The lowest BCUT2D eigenvalue weighted by molar-refractivity contribution is -0.139. The maximum atomic E-state index is 11.3. The van der Waals surface area contributed by atoms with E-state index in [9.17, 15) is 14.7 Å². The minimum atomic E-state index is -1.17. The van der Waals surface area contributed by atoms with Crippen molar-refractivity contribution in [2.24, 2.45) is 0 Å². The van der Waals surface area contributed by atoms with Crippen LogP contribution in [0, 0.1) is 0 Å². The Balaban J connectivity index is 2.25. The van der Waals surface area contributed by atoms with Crippen LogP contribution in [0.3, 0.4) is 0 Å². The Morgan fingerprint density at radius 2 is 2.13 bits per heavy atom. The number of nitrogens with one attached hydrogen (secondary N) is 1. The third-order valence-corrected chi connectivity index (χ3v) is 3.96. The molecule has 0 bridgehead atoms. The molecule has 0 saturated heterocycles. The maximum Gasteiger partial charge on any atom is 0.349 e. The fourth-order valence-corrected chi connectivity index (χ4v) is 2.88. The molecule has 23 heavy (non-hydrogen) atoms. The predicted molar refractivity (Wildman–Crippen MR) is 83.3 cm³/mol. The zero-order valence-corrected chi connectivity index (χ0v) is 13.2. The summed E-state index contributed by atoms with van der Waals surface area (Å²) in [4.78, 5) is 26.8. The van der Waals surface area contributed by atoms with Crippen LogP contribution in [0.15, 0.2) is 12.1 Å². The van der Waals surface area contributed by atoms with E-state index in [1.165, 1.54) is 0 Å². The van der Waals surface area contributed by atoms with Crippen molar-refractivity contribution in [1.82, 2.24) is 10.3 Å². The monoisotopic (exact) mass is 340 g/mol. The Bertz CT molecular complexity index is 715. The van der Waals surface area contributed by atoms with Gasteiger partial charge in [-0.15, -0.1) is 11.3 Å². The molecule has 0 amide bonds. The highest BCUT2D eigenvalue weighted by Crippen LogP contribution is 2.37. The summed E-state index contributed by atoms with van der Waals surface area (Å²) in [7, 11) is 1.61. The molecule has 0 aliphatic rings. The van der Waals surface area contributed by atoms with Gasteiger partial charge in [0.1, 0.15) is 4.83 Å². The first kappa shape index (κ1) is 17.1. The summed E-state index contributed by atoms with van der Waals surface area (Å²) < 4.78 is 10.1. The van der Waals surface area contributed by atoms with Gasteiger partial charge in [0.25, 0.3) is 0 Å². The fraction of sp³-hybridized carbons (Fsp3) is 0.357. The second kappa shape index (κ2) is 7.86. The average Bonchev–Trinajstić information content (AvgIpc) is 2.87. The summed E-state index contributed by atoms with van der Waals surface area (Å²) in [5.74, 6) is -2.30. The summed E-state index contributed by atoms with van der Waals surface area (Å²) in [6.07, 6.45) is 0. The lowest BCUT2D eigenvalue weighted by atomic mass is 10.2. The molecule has 2 aromatic rings. The molecule has 0 aliphatic carbocycles. The van der Waals surface area contributed by atoms with Crippen molar-refractivity contribution >= 4 is 33.5 Å². The van der Waals surface area contributed by atoms with Crippen LogP contribution < -0.4 is 10.1 Å². The molecule has 0 aromatic carbocycles. The number of aromatic nitrogens is 1. The Kier molecular flexibility index (Phi) is 5.85. The van der Waals surface area contributed by atoms with Gasteiger partial charge in [0.05, 0.1) is 17.7 Å². The van der Waals surface area contributed by atoms with Crippen LogP contribution in [0.4, 0.5) is 0 Å². The van der Waals surface area contributed by atoms with Crippen molar-refractivity contribution in [3.8, 4) is 5.75 Å². The highest BCUT2D eigenvalue weighted by molar-refractivity contribution is 7.20. The van der Waals surface area contributed by atoms with Crippen LogP contribution >= 0.6 is 11.3 Å². The third kappa shape index (κ3) is 4.38. The zero-order valence-electron chi connectivity index (χ0n) is 12.4. The highest BCUT2D eigenvalue weighted by Gasteiger charge is 2.21. The standard InChI is InChI=1S/C14H16N2O6S/c1-21-5-4-15-6-8-2-3-9-11(22-7-10(17)18)12(14(19)20)23-13(9)16-8/h2-3,15H,4-7H2,1H3,(H,17,18)(H,19,20). The van der Waals surface area contributed by atoms with Crippen molar-refractivity contribution in [2.45, 2.75) is 6.54 Å². The topological polar surface area (TPSA) is 118 Å². The van der Waals surface area contributed by atoms with Crippen molar-refractivity contribution in [3.63, 3.8) is 0 Å². The van der Waals surface area contributed by atoms with Gasteiger partial charge < -0.3 is 25.0 Å². The first-order valence-corrected chi connectivity index (χ1v) is 7.54. The van der Waals surface area contributed by atoms with Gasteiger partial charge in [-0.1, -0.05) is 0 Å². The summed E-state index contributed by atoms with van der Waals surface area (Å²) in [6, 6.07) is 3.43. The van der Waals surface area contributed by atoms with Crippen molar-refractivity contribution in [1.29, 1.82) is 0 Å². The van der Waals surface area contributed by atoms with Gasteiger partial charge in [-0.25, -0.2) is 14.6 Å². The minimum absolute atomic E-state index is 0.0475. The summed E-state index contributed by atoms with van der Waals surface area (Å²) in [5, 5.41) is 21.6. The molecule has 2 aromatic heterocycles. The van der Waals surface area contributed by atoms with Gasteiger partial charge in [0.15, 0.2) is 17.2 Å². The van der Waals surface area contributed by atoms with E-state index in [2.05, 4.69) is 10.3 Å². The highest BCUT2D eigenvalue weighted by atomic mass is 32.1. The molecule has 0 unspecified atom stereocenters. The van der Waals surface area contributed by atoms with Gasteiger partial charge in [0, 0.05) is 20.2 Å². The molecule has 0 fully saturated rings. The Hall–Kier alpha value is -2.23. The molecule has 124 valence electrons. The number of carboxylic acids is 2. The third-order valence-electron chi connectivity index (χ3n) is 2.89. The van der Waals surface area contributed by atoms with Crippen LogP contribution in [0.5, 0.6) is 5.75 Å². The summed E-state index contributed by atoms with van der Waals surface area (Å²) in [6.45, 7) is 1.17. The van der Waals surface area contributed by atoms with E-state index in [4.69, 9.17) is 14.6 Å². The number of fused-ring (bicyclic) bond motifs is 1. The largest absolute Gasteiger partial charge is 0.479 e. The van der Waals surface area contributed by atoms with Crippen molar-refractivity contribution < 1.29 is 29.3 Å². The Morgan fingerprint density at radius 1 is 1.35 bits per heavy atom. The predicted octanol–water partition coefficient (Wildman–Crippen LogP) is 1.19. The first-order chi connectivity index (χ1) is 11.0. The maximum absolute atomic E-state index is 11.3. The Labute approximate surface area is 135 Å². The molecule has 8 nitrogen and oxygen atoms in total. The lowest BCUT2D eigenvalue weighted by Gasteiger charge is -2.05. The number of hydrogen-bond donors (Lipinski definition) is 3. The SMILES string of the molecule is COCCNCc1ccc2c(OCC(=O)O)c(C(=O)O)sc2n1. The first-order valence-electron chi connectivity index (χ1n) is 6.73. The van der Waals surface area contributed by atoms with E-state index in [0.29, 0.717) is 29.9 Å². The molecule has 9 heteroatoms. The molecular weight excluding hydrogens is 324 g/mol. The van der Waals surface area contributed by atoms with E-state index in [0.717, 1.165) is 17.0 Å². The number of aliphatic carboxylic acids is 1. The van der Waals surface area contributed by atoms with Crippen LogP contribution in [0.2, 0.25) is 0 Å². The molecule has 0 spiro atoms. The van der Waals surface area contributed by atoms with Crippen LogP contribution in [-0.2, 0) is 16.1 Å². The number of carboxylic acid groups (broad SMARTS) is 2. The molecule has 0 saturated carbocycles. The van der Waals surface area contributed by atoms with Gasteiger partial charge >= 0.3 is 11.9 Å². The Morgan fingerprint density at radius 3 is 2.78 bits per heavy atom. The van der Waals surface area contributed by atoms with Crippen LogP contribution in [0.1, 0.15) is 15.4 Å². The number of nitrogens with zero attached hydrogens (tertiary/aromatic N) is 1. The summed E-state index contributed by atoms with van der Waals surface area (Å²) in [5.41, 5.74) is 0.747. The molecule has 3 N–H and O–H groups in total. The van der Waals surface area contributed by atoms with Crippen molar-refractivity contribution in [3.05, 3.63) is 22.7 Å². The van der Waals surface area contributed by atoms with E-state index < -0.39 is 18.5 Å². The van der Waals surface area contributed by atoms with Crippen LogP contribution in [-0.4, -0.2) is 54.0 Å². The van der Waals surface area contributed by atoms with Crippen molar-refractivity contribution in [2.75, 3.05) is 26.9 Å². The van der Waals surface area contributed by atoms with E-state index in [1.807, 2.05) is 0 Å². The molecule has 2 rings (SSSR count). The lowest BCUT2D eigenvalue weighted by Crippen LogP contribution is -2.19. The van der Waals surface area contributed by atoms with E-state index in [-0.39, 0.29) is 10.6 Å². The van der Waals surface area contributed by atoms with Gasteiger partial charge in [-0.2, -0.15) is 0 Å². The second-order valence-electron chi connectivity index (χ2n) is 4.57. The summed E-state index contributed by atoms with van der Waals surface area (Å²) >= 11 is 0.960. The minimum Gasteiger partial charge on any atom is -0.479 e.